The van der Waals surface area contributed by atoms with E-state index in [1.807, 2.05) is 51.1 Å². The Morgan fingerprint density at radius 2 is 1.67 bits per heavy atom. The van der Waals surface area contributed by atoms with E-state index < -0.39 is 40.0 Å². The highest BCUT2D eigenvalue weighted by atomic mass is 32.2. The van der Waals surface area contributed by atoms with Crippen LogP contribution in [0, 0.1) is 5.41 Å². The van der Waals surface area contributed by atoms with E-state index in [1.165, 1.54) is 21.0 Å². The van der Waals surface area contributed by atoms with Crippen LogP contribution in [0.2, 0.25) is 0 Å². The van der Waals surface area contributed by atoms with Crippen molar-refractivity contribution in [3.8, 4) is 0 Å². The van der Waals surface area contributed by atoms with E-state index in [9.17, 15) is 19.2 Å². The SMILES string of the molecule is CCOC(=O)C(CCOCc1ccccc1)NC(=O)C(C)(C)NC(=O)[C@@H](SC(=O)COC)C(C)(C)C. The molecule has 0 saturated heterocycles. The minimum Gasteiger partial charge on any atom is -0.464 e. The van der Waals surface area contributed by atoms with Crippen LogP contribution >= 0.6 is 11.8 Å². The Kier molecular flexibility index (Phi) is 13.1. The highest BCUT2D eigenvalue weighted by Gasteiger charge is 2.39. The fourth-order valence-corrected chi connectivity index (χ4v) is 4.10. The van der Waals surface area contributed by atoms with Gasteiger partial charge in [0.05, 0.1) is 18.5 Å². The molecule has 0 aliphatic rings. The van der Waals surface area contributed by atoms with Crippen molar-refractivity contribution in [3.63, 3.8) is 0 Å². The number of nitrogens with one attached hydrogen (secondary N) is 2. The zero-order valence-electron chi connectivity index (χ0n) is 22.3. The van der Waals surface area contributed by atoms with Crippen LogP contribution in [-0.4, -0.2) is 66.7 Å². The molecular formula is C26H40N2O7S. The summed E-state index contributed by atoms with van der Waals surface area (Å²) in [4.78, 5) is 50.8. The average molecular weight is 525 g/mol. The summed E-state index contributed by atoms with van der Waals surface area (Å²) >= 11 is 0.876. The lowest BCUT2D eigenvalue weighted by molar-refractivity contribution is -0.148. The van der Waals surface area contributed by atoms with Gasteiger partial charge in [0.2, 0.25) is 16.9 Å². The van der Waals surface area contributed by atoms with Crippen LogP contribution in [-0.2, 0) is 40.0 Å². The van der Waals surface area contributed by atoms with Crippen molar-refractivity contribution in [2.45, 2.75) is 71.4 Å². The lowest BCUT2D eigenvalue weighted by atomic mass is 9.90. The van der Waals surface area contributed by atoms with E-state index in [2.05, 4.69) is 10.6 Å². The second-order valence-electron chi connectivity index (χ2n) is 9.89. The molecule has 0 radical (unpaired) electrons. The molecule has 0 aromatic heterocycles. The Bertz CT molecular complexity index is 869. The van der Waals surface area contributed by atoms with Crippen molar-refractivity contribution in [1.29, 1.82) is 0 Å². The number of esters is 1. The van der Waals surface area contributed by atoms with E-state index in [1.54, 1.807) is 6.92 Å². The molecule has 0 bridgehead atoms. The summed E-state index contributed by atoms with van der Waals surface area (Å²) in [6.07, 6.45) is 0.202. The number of thioether (sulfide) groups is 1. The second kappa shape index (κ2) is 15.0. The quantitative estimate of drug-likeness (QED) is 0.282. The number of carbonyl (C=O) groups is 4. The number of hydrogen-bond acceptors (Lipinski definition) is 8. The Balaban J connectivity index is 2.82. The van der Waals surface area contributed by atoms with Crippen LogP contribution in [0.25, 0.3) is 0 Å². The van der Waals surface area contributed by atoms with E-state index in [-0.39, 0.29) is 31.4 Å². The van der Waals surface area contributed by atoms with Crippen molar-refractivity contribution in [3.05, 3.63) is 35.9 Å². The molecule has 0 aliphatic carbocycles. The number of hydrogen-bond donors (Lipinski definition) is 2. The number of methoxy groups -OCH3 is 1. The summed E-state index contributed by atoms with van der Waals surface area (Å²) in [5, 5.41) is 4.37. The third-order valence-corrected chi connectivity index (χ3v) is 6.62. The van der Waals surface area contributed by atoms with E-state index in [4.69, 9.17) is 14.2 Å². The van der Waals surface area contributed by atoms with Crippen LogP contribution < -0.4 is 10.6 Å². The van der Waals surface area contributed by atoms with Gasteiger partial charge in [-0.05, 0) is 31.7 Å². The van der Waals surface area contributed by atoms with Crippen molar-refractivity contribution in [2.75, 3.05) is 26.9 Å². The molecule has 1 rings (SSSR count). The lowest BCUT2D eigenvalue weighted by Gasteiger charge is -2.33. The van der Waals surface area contributed by atoms with E-state index in [0.717, 1.165) is 17.3 Å². The zero-order chi connectivity index (χ0) is 27.4. The van der Waals surface area contributed by atoms with Gasteiger partial charge in [0.1, 0.15) is 18.2 Å². The van der Waals surface area contributed by atoms with Gasteiger partial charge in [0, 0.05) is 20.1 Å². The summed E-state index contributed by atoms with van der Waals surface area (Å²) in [6, 6.07) is 8.65. The van der Waals surface area contributed by atoms with E-state index in [0.29, 0.717) is 6.61 Å². The lowest BCUT2D eigenvalue weighted by Crippen LogP contribution is -2.60. The number of ether oxygens (including phenoxy) is 3. The maximum atomic E-state index is 13.1. The molecule has 202 valence electrons. The molecule has 0 aliphatic heterocycles. The number of benzene rings is 1. The van der Waals surface area contributed by atoms with Gasteiger partial charge < -0.3 is 24.8 Å². The summed E-state index contributed by atoms with van der Waals surface area (Å²) in [6.45, 7) is 10.9. The average Bonchev–Trinajstić information content (AvgIpc) is 2.79. The first-order valence-corrected chi connectivity index (χ1v) is 12.8. The molecule has 0 spiro atoms. The van der Waals surface area contributed by atoms with Gasteiger partial charge in [-0.15, -0.1) is 0 Å². The molecule has 0 fully saturated rings. The third kappa shape index (κ3) is 11.1. The van der Waals surface area contributed by atoms with Gasteiger partial charge >= 0.3 is 5.97 Å². The highest BCUT2D eigenvalue weighted by molar-refractivity contribution is 8.14. The Labute approximate surface area is 218 Å². The Morgan fingerprint density at radius 1 is 1.03 bits per heavy atom. The summed E-state index contributed by atoms with van der Waals surface area (Å²) in [5.41, 5.74) is -0.927. The fraction of sp³-hybridized carbons (Fsp3) is 0.615. The third-order valence-electron chi connectivity index (χ3n) is 5.08. The molecular weight excluding hydrogens is 484 g/mol. The number of carbonyl (C=O) groups excluding carboxylic acids is 4. The molecule has 1 aromatic rings. The first kappa shape index (κ1) is 31.6. The van der Waals surface area contributed by atoms with Crippen LogP contribution in [0.1, 0.15) is 53.5 Å². The molecule has 0 saturated carbocycles. The maximum absolute atomic E-state index is 13.1. The molecule has 1 unspecified atom stereocenters. The van der Waals surface area contributed by atoms with Gasteiger partial charge in [0.25, 0.3) is 0 Å². The van der Waals surface area contributed by atoms with Gasteiger partial charge in [-0.3, -0.25) is 14.4 Å². The minimum absolute atomic E-state index is 0.123. The van der Waals surface area contributed by atoms with Crippen LogP contribution in [0.15, 0.2) is 30.3 Å². The molecule has 9 nitrogen and oxygen atoms in total. The zero-order valence-corrected chi connectivity index (χ0v) is 23.2. The predicted molar refractivity (Wildman–Crippen MR) is 139 cm³/mol. The molecule has 10 heteroatoms. The van der Waals surface area contributed by atoms with Crippen LogP contribution in [0.3, 0.4) is 0 Å². The predicted octanol–water partition coefficient (Wildman–Crippen LogP) is 2.86. The van der Waals surface area contributed by atoms with Gasteiger partial charge in [0.15, 0.2) is 0 Å². The Morgan fingerprint density at radius 3 is 2.22 bits per heavy atom. The normalized spacial score (nSPS) is 13.4. The van der Waals surface area contributed by atoms with Crippen molar-refractivity contribution in [1.82, 2.24) is 10.6 Å². The molecule has 2 N–H and O–H groups in total. The minimum atomic E-state index is -1.36. The molecule has 1 aromatic carbocycles. The van der Waals surface area contributed by atoms with Crippen molar-refractivity contribution >= 4 is 34.7 Å². The van der Waals surface area contributed by atoms with Gasteiger partial charge in [-0.1, -0.05) is 62.9 Å². The smallest absolute Gasteiger partial charge is 0.328 e. The molecule has 36 heavy (non-hydrogen) atoms. The largest absolute Gasteiger partial charge is 0.464 e. The van der Waals surface area contributed by atoms with Crippen LogP contribution in [0.5, 0.6) is 0 Å². The standard InChI is InChI=1S/C26H40N2O7S/c1-8-35-23(31)19(14-15-34-16-18-12-10-9-11-13-18)27-24(32)26(5,6)28-22(30)21(25(2,3)4)36-20(29)17-33-7/h9-13,19,21H,8,14-17H2,1-7H3,(H,27,32)(H,28,30)/t19?,21-/m1/s1. The fourth-order valence-electron chi connectivity index (χ4n) is 3.13. The summed E-state index contributed by atoms with van der Waals surface area (Å²) in [7, 11) is 1.41. The first-order chi connectivity index (χ1) is 16.8. The second-order valence-corrected chi connectivity index (χ2v) is 11.1. The first-order valence-electron chi connectivity index (χ1n) is 11.9. The monoisotopic (exact) mass is 524 g/mol. The molecule has 2 amide bonds. The summed E-state index contributed by atoms with van der Waals surface area (Å²) < 4.78 is 15.6. The van der Waals surface area contributed by atoms with Crippen molar-refractivity contribution < 1.29 is 33.4 Å². The number of amides is 2. The van der Waals surface area contributed by atoms with Gasteiger partial charge in [-0.2, -0.15) is 0 Å². The van der Waals surface area contributed by atoms with Crippen molar-refractivity contribution in [2.24, 2.45) is 5.41 Å². The van der Waals surface area contributed by atoms with Crippen LogP contribution in [0.4, 0.5) is 0 Å². The van der Waals surface area contributed by atoms with E-state index >= 15 is 0 Å². The summed E-state index contributed by atoms with van der Waals surface area (Å²) in [5.74, 6) is -1.60. The highest BCUT2D eigenvalue weighted by Crippen LogP contribution is 2.31. The number of rotatable bonds is 14. The Hall–Kier alpha value is -2.43. The topological polar surface area (TPSA) is 120 Å². The molecule has 2 atom stereocenters. The maximum Gasteiger partial charge on any atom is 0.328 e. The van der Waals surface area contributed by atoms with Gasteiger partial charge in [-0.25, -0.2) is 4.79 Å². The molecule has 0 heterocycles.